The van der Waals surface area contributed by atoms with Crippen molar-refractivity contribution in [1.29, 1.82) is 0 Å². The largest absolute Gasteiger partial charge is 0.357 e. The Morgan fingerprint density at radius 2 is 2.03 bits per heavy atom. The summed E-state index contributed by atoms with van der Waals surface area (Å²) in [6.07, 6.45) is 5.81. The average Bonchev–Trinajstić information content (AvgIpc) is 3.49. The molecule has 3 aliphatic rings. The number of hydrogen-bond donors (Lipinski definition) is 3. The second kappa shape index (κ2) is 6.50. The molecular formula is C21H18ClFN6O. The van der Waals surface area contributed by atoms with Crippen LogP contribution in [-0.4, -0.2) is 32.6 Å². The zero-order chi connectivity index (χ0) is 20.4. The molecule has 9 heteroatoms. The second-order valence-corrected chi connectivity index (χ2v) is 8.41. The van der Waals surface area contributed by atoms with Gasteiger partial charge in [0.1, 0.15) is 0 Å². The Hall–Kier alpha value is -3.00. The molecular weight excluding hydrogens is 407 g/mol. The van der Waals surface area contributed by atoms with Gasteiger partial charge in [0.05, 0.1) is 22.6 Å². The highest BCUT2D eigenvalue weighted by molar-refractivity contribution is 6.29. The van der Waals surface area contributed by atoms with Crippen LogP contribution in [0.15, 0.2) is 12.3 Å². The Kier molecular flexibility index (Phi) is 3.86. The smallest absolute Gasteiger partial charge is 0.253 e. The number of nitrogens with one attached hydrogen (secondary N) is 3. The average molecular weight is 425 g/mol. The van der Waals surface area contributed by atoms with Gasteiger partial charge in [0.15, 0.2) is 16.8 Å². The summed E-state index contributed by atoms with van der Waals surface area (Å²) in [5.41, 5.74) is 5.86. The van der Waals surface area contributed by atoms with Crippen LogP contribution in [0, 0.1) is 5.82 Å². The minimum atomic E-state index is -0.442. The lowest BCUT2D eigenvalue weighted by Gasteiger charge is -2.20. The van der Waals surface area contributed by atoms with Crippen LogP contribution in [-0.2, 0) is 19.3 Å². The first-order chi connectivity index (χ1) is 14.6. The lowest BCUT2D eigenvalue weighted by atomic mass is 9.88. The zero-order valence-electron chi connectivity index (χ0n) is 16.0. The van der Waals surface area contributed by atoms with E-state index >= 15 is 4.39 Å². The number of rotatable bonds is 3. The maximum Gasteiger partial charge on any atom is 0.253 e. The van der Waals surface area contributed by atoms with Crippen LogP contribution >= 0.6 is 11.6 Å². The third-order valence-corrected chi connectivity index (χ3v) is 6.26. The first-order valence-electron chi connectivity index (χ1n) is 10.1. The molecule has 0 radical (unpaired) electrons. The van der Waals surface area contributed by atoms with E-state index in [1.807, 2.05) is 0 Å². The number of carbonyl (C=O) groups excluding carboxylic acids is 1. The van der Waals surface area contributed by atoms with E-state index in [1.165, 1.54) is 0 Å². The van der Waals surface area contributed by atoms with Gasteiger partial charge in [0, 0.05) is 42.4 Å². The molecule has 0 spiro atoms. The summed E-state index contributed by atoms with van der Waals surface area (Å²) in [5, 5.41) is 14.3. The first-order valence-corrected chi connectivity index (χ1v) is 10.5. The quantitative estimate of drug-likeness (QED) is 0.596. The molecule has 0 bridgehead atoms. The van der Waals surface area contributed by atoms with Crippen molar-refractivity contribution in [2.24, 2.45) is 0 Å². The van der Waals surface area contributed by atoms with Gasteiger partial charge in [-0.25, -0.2) is 9.37 Å². The summed E-state index contributed by atoms with van der Waals surface area (Å²) in [6, 6.07) is 1.66. The van der Waals surface area contributed by atoms with Crippen molar-refractivity contribution in [1.82, 2.24) is 25.5 Å². The number of aromatic amines is 1. The maximum absolute atomic E-state index is 15.7. The maximum atomic E-state index is 15.7. The van der Waals surface area contributed by atoms with Crippen molar-refractivity contribution < 1.29 is 9.18 Å². The predicted octanol–water partition coefficient (Wildman–Crippen LogP) is 3.66. The summed E-state index contributed by atoms with van der Waals surface area (Å²) in [5.74, 6) is -0.0958. The molecule has 3 N–H and O–H groups in total. The minimum absolute atomic E-state index is 0.0865. The Balaban J connectivity index is 1.46. The molecule has 7 nitrogen and oxygen atoms in total. The molecule has 1 aliphatic heterocycles. The highest BCUT2D eigenvalue weighted by Crippen LogP contribution is 2.44. The van der Waals surface area contributed by atoms with Crippen molar-refractivity contribution in [2.45, 2.75) is 38.0 Å². The normalized spacial score (nSPS) is 17.1. The number of aromatic nitrogens is 4. The molecule has 0 unspecified atom stereocenters. The molecule has 2 aliphatic carbocycles. The highest BCUT2D eigenvalue weighted by atomic mass is 35.5. The van der Waals surface area contributed by atoms with Crippen LogP contribution < -0.4 is 10.6 Å². The van der Waals surface area contributed by atoms with E-state index in [2.05, 4.69) is 30.8 Å². The SMILES string of the molecule is O=C1NCCc2[nH]c3c(c21)CCc1cnc(Nc2cc(Cl)nnc2C2CC2)c(F)c1-3. The Morgan fingerprint density at radius 3 is 2.87 bits per heavy atom. The molecule has 6 rings (SSSR count). The van der Waals surface area contributed by atoms with E-state index in [0.29, 0.717) is 54.2 Å². The molecule has 4 heterocycles. The van der Waals surface area contributed by atoms with Crippen LogP contribution in [0.3, 0.4) is 0 Å². The van der Waals surface area contributed by atoms with Crippen molar-refractivity contribution in [3.63, 3.8) is 0 Å². The van der Waals surface area contributed by atoms with E-state index in [1.54, 1.807) is 12.3 Å². The lowest BCUT2D eigenvalue weighted by molar-refractivity contribution is 0.0945. The molecule has 152 valence electrons. The fourth-order valence-electron chi connectivity index (χ4n) is 4.50. The number of nitrogens with zero attached hydrogens (tertiary/aromatic N) is 3. The van der Waals surface area contributed by atoms with Crippen molar-refractivity contribution >= 4 is 29.0 Å². The van der Waals surface area contributed by atoms with Crippen molar-refractivity contribution in [3.05, 3.63) is 51.3 Å². The topological polar surface area (TPSA) is 95.6 Å². The van der Waals surface area contributed by atoms with E-state index in [-0.39, 0.29) is 16.9 Å². The molecule has 3 aromatic rings. The fourth-order valence-corrected chi connectivity index (χ4v) is 4.65. The van der Waals surface area contributed by atoms with Crippen LogP contribution in [0.25, 0.3) is 11.3 Å². The van der Waals surface area contributed by atoms with Gasteiger partial charge in [-0.1, -0.05) is 11.6 Å². The molecule has 1 saturated carbocycles. The summed E-state index contributed by atoms with van der Waals surface area (Å²) in [6.45, 7) is 0.587. The number of fused-ring (bicyclic) bond motifs is 5. The van der Waals surface area contributed by atoms with E-state index in [9.17, 15) is 4.79 Å². The Bertz CT molecular complexity index is 1220. The fraction of sp³-hybridized carbons (Fsp3) is 0.333. The molecule has 0 aromatic carbocycles. The Labute approximate surface area is 176 Å². The van der Waals surface area contributed by atoms with Gasteiger partial charge in [-0.2, -0.15) is 5.10 Å². The molecule has 0 saturated heterocycles. The number of H-pyrrole nitrogens is 1. The van der Waals surface area contributed by atoms with Gasteiger partial charge in [-0.15, -0.1) is 5.10 Å². The van der Waals surface area contributed by atoms with Crippen molar-refractivity contribution in [3.8, 4) is 11.3 Å². The van der Waals surface area contributed by atoms with Gasteiger partial charge in [-0.05, 0) is 36.8 Å². The van der Waals surface area contributed by atoms with Crippen LogP contribution in [0.5, 0.6) is 0 Å². The van der Waals surface area contributed by atoms with E-state index in [4.69, 9.17) is 11.6 Å². The summed E-state index contributed by atoms with van der Waals surface area (Å²) < 4.78 is 15.7. The number of amides is 1. The third-order valence-electron chi connectivity index (χ3n) is 6.07. The lowest BCUT2D eigenvalue weighted by Crippen LogP contribution is -2.32. The van der Waals surface area contributed by atoms with Gasteiger partial charge >= 0.3 is 0 Å². The van der Waals surface area contributed by atoms with E-state index in [0.717, 1.165) is 35.4 Å². The van der Waals surface area contributed by atoms with Crippen LogP contribution in [0.2, 0.25) is 5.15 Å². The summed E-state index contributed by atoms with van der Waals surface area (Å²) >= 11 is 6.03. The first kappa shape index (κ1) is 17.8. The monoisotopic (exact) mass is 424 g/mol. The van der Waals surface area contributed by atoms with Gasteiger partial charge < -0.3 is 15.6 Å². The van der Waals surface area contributed by atoms with E-state index < -0.39 is 5.82 Å². The molecule has 1 amide bonds. The zero-order valence-corrected chi connectivity index (χ0v) is 16.7. The number of carbonyl (C=O) groups is 1. The van der Waals surface area contributed by atoms with Crippen LogP contribution in [0.1, 0.15) is 51.6 Å². The van der Waals surface area contributed by atoms with Gasteiger partial charge in [-0.3, -0.25) is 4.79 Å². The number of pyridine rings is 1. The van der Waals surface area contributed by atoms with Crippen molar-refractivity contribution in [2.75, 3.05) is 11.9 Å². The molecule has 30 heavy (non-hydrogen) atoms. The number of halogens is 2. The van der Waals surface area contributed by atoms with Gasteiger partial charge in [0.25, 0.3) is 5.91 Å². The summed E-state index contributed by atoms with van der Waals surface area (Å²) in [7, 11) is 0. The Morgan fingerprint density at radius 1 is 1.17 bits per heavy atom. The standard InChI is InChI=1S/C21H18ClFN6O/c22-14-7-13(18(29-28-14)9-1-2-9)27-20-17(23)15-10(8-25-20)3-4-11-16-12(26-19(11)15)5-6-24-21(16)30/h7-9,26H,1-6H2,(H,24,30)(H,25,27,28). The van der Waals surface area contributed by atoms with Gasteiger partial charge in [0.2, 0.25) is 0 Å². The number of hydrogen-bond acceptors (Lipinski definition) is 5. The summed E-state index contributed by atoms with van der Waals surface area (Å²) in [4.78, 5) is 20.0. The molecule has 1 fully saturated rings. The minimum Gasteiger partial charge on any atom is -0.357 e. The second-order valence-electron chi connectivity index (χ2n) is 8.02. The molecule has 3 aromatic heterocycles. The third kappa shape index (κ3) is 2.70. The number of aryl methyl sites for hydroxylation is 1. The molecule has 0 atom stereocenters. The van der Waals surface area contributed by atoms with Crippen LogP contribution in [0.4, 0.5) is 15.9 Å². The highest BCUT2D eigenvalue weighted by Gasteiger charge is 2.33. The number of anilines is 2. The predicted molar refractivity (Wildman–Crippen MR) is 110 cm³/mol.